The molecule has 0 heterocycles. The first-order chi connectivity index (χ1) is 7.27. The summed E-state index contributed by atoms with van der Waals surface area (Å²) in [6, 6.07) is 7.75. The van der Waals surface area contributed by atoms with Gasteiger partial charge in [-0.1, -0.05) is 42.7 Å². The molecule has 0 unspecified atom stereocenters. The van der Waals surface area contributed by atoms with E-state index in [2.05, 4.69) is 16.9 Å². The van der Waals surface area contributed by atoms with Crippen molar-refractivity contribution in [3.05, 3.63) is 45.8 Å². The van der Waals surface area contributed by atoms with Crippen LogP contribution >= 0.6 is 0 Å². The molecule has 1 aromatic rings. The summed E-state index contributed by atoms with van der Waals surface area (Å²) in [7, 11) is 0. The molecule has 0 saturated carbocycles. The van der Waals surface area contributed by atoms with Crippen molar-refractivity contribution in [3.8, 4) is 0 Å². The standard InChI is InChI=1S/C11H15N3O/c1-2-3-9-4-6-10(7-5-9)11(15)8-13-14-12/h4-7,11,15H,2-3,8H2,1H3/t11-/m1/s1. The molecule has 0 radical (unpaired) electrons. The number of azide groups is 1. The molecule has 0 aromatic heterocycles. The molecule has 4 nitrogen and oxygen atoms in total. The van der Waals surface area contributed by atoms with Crippen LogP contribution in [0.15, 0.2) is 29.4 Å². The van der Waals surface area contributed by atoms with Crippen molar-refractivity contribution in [1.82, 2.24) is 0 Å². The molecule has 1 rings (SSSR count). The highest BCUT2D eigenvalue weighted by Gasteiger charge is 2.05. The van der Waals surface area contributed by atoms with E-state index in [-0.39, 0.29) is 6.54 Å². The van der Waals surface area contributed by atoms with Gasteiger partial charge in [-0.3, -0.25) is 0 Å². The molecule has 0 spiro atoms. The van der Waals surface area contributed by atoms with Crippen LogP contribution in [0.3, 0.4) is 0 Å². The Morgan fingerprint density at radius 1 is 1.40 bits per heavy atom. The summed E-state index contributed by atoms with van der Waals surface area (Å²) in [5.74, 6) is 0. The van der Waals surface area contributed by atoms with Gasteiger partial charge in [0, 0.05) is 4.91 Å². The quantitative estimate of drug-likeness (QED) is 0.448. The normalized spacial score (nSPS) is 11.9. The molecule has 0 bridgehead atoms. The van der Waals surface area contributed by atoms with Gasteiger partial charge in [0.05, 0.1) is 12.6 Å². The predicted octanol–water partition coefficient (Wildman–Crippen LogP) is 2.98. The van der Waals surface area contributed by atoms with E-state index in [1.165, 1.54) is 5.56 Å². The first-order valence-corrected chi connectivity index (χ1v) is 5.05. The zero-order valence-corrected chi connectivity index (χ0v) is 8.80. The number of rotatable bonds is 5. The summed E-state index contributed by atoms with van der Waals surface area (Å²) in [4.78, 5) is 2.61. The molecule has 4 heteroatoms. The van der Waals surface area contributed by atoms with Crippen LogP contribution < -0.4 is 0 Å². The number of hydrogen-bond donors (Lipinski definition) is 1. The number of aliphatic hydroxyl groups is 1. The second kappa shape index (κ2) is 6.06. The molecule has 0 saturated heterocycles. The lowest BCUT2D eigenvalue weighted by Crippen LogP contribution is -2.00. The Balaban J connectivity index is 2.66. The highest BCUT2D eigenvalue weighted by atomic mass is 16.3. The van der Waals surface area contributed by atoms with Crippen molar-refractivity contribution < 1.29 is 5.11 Å². The SMILES string of the molecule is CCCc1ccc([C@H](O)CN=[N+]=[N-])cc1. The minimum Gasteiger partial charge on any atom is -0.388 e. The van der Waals surface area contributed by atoms with Crippen molar-refractivity contribution in [3.63, 3.8) is 0 Å². The first-order valence-electron chi connectivity index (χ1n) is 5.05. The maximum Gasteiger partial charge on any atom is 0.0846 e. The molecule has 0 amide bonds. The molecule has 1 N–H and O–H groups in total. The van der Waals surface area contributed by atoms with Crippen LogP contribution in [0.4, 0.5) is 0 Å². The first kappa shape index (κ1) is 11.6. The van der Waals surface area contributed by atoms with Crippen LogP contribution in [0.2, 0.25) is 0 Å². The lowest BCUT2D eigenvalue weighted by Gasteiger charge is -2.08. The van der Waals surface area contributed by atoms with E-state index in [1.54, 1.807) is 0 Å². The minimum absolute atomic E-state index is 0.0869. The van der Waals surface area contributed by atoms with E-state index < -0.39 is 6.10 Å². The Bertz CT molecular complexity index is 341. The number of benzene rings is 1. The van der Waals surface area contributed by atoms with Crippen molar-refractivity contribution in [1.29, 1.82) is 0 Å². The zero-order chi connectivity index (χ0) is 11.1. The highest BCUT2D eigenvalue weighted by molar-refractivity contribution is 5.24. The third kappa shape index (κ3) is 3.62. The van der Waals surface area contributed by atoms with Crippen LogP contribution in [-0.4, -0.2) is 11.7 Å². The maximum absolute atomic E-state index is 9.61. The Kier molecular flexibility index (Phi) is 4.68. The predicted molar refractivity (Wildman–Crippen MR) is 59.4 cm³/mol. The van der Waals surface area contributed by atoms with Gasteiger partial charge in [-0.2, -0.15) is 0 Å². The van der Waals surface area contributed by atoms with E-state index >= 15 is 0 Å². The molecular weight excluding hydrogens is 190 g/mol. The largest absolute Gasteiger partial charge is 0.388 e. The van der Waals surface area contributed by atoms with Crippen molar-refractivity contribution in [2.45, 2.75) is 25.9 Å². The fourth-order valence-electron chi connectivity index (χ4n) is 1.41. The molecule has 15 heavy (non-hydrogen) atoms. The molecule has 80 valence electrons. The third-order valence-electron chi connectivity index (χ3n) is 2.22. The van der Waals surface area contributed by atoms with E-state index in [0.717, 1.165) is 18.4 Å². The summed E-state index contributed by atoms with van der Waals surface area (Å²) in [6.45, 7) is 2.22. The van der Waals surface area contributed by atoms with Gasteiger partial charge in [0.25, 0.3) is 0 Å². The second-order valence-corrected chi connectivity index (χ2v) is 3.42. The average Bonchev–Trinajstić information content (AvgIpc) is 2.27. The maximum atomic E-state index is 9.61. The van der Waals surface area contributed by atoms with Gasteiger partial charge in [-0.25, -0.2) is 0 Å². The van der Waals surface area contributed by atoms with Crippen molar-refractivity contribution in [2.75, 3.05) is 6.54 Å². The van der Waals surface area contributed by atoms with Crippen LogP contribution in [0, 0.1) is 0 Å². The summed E-state index contributed by atoms with van der Waals surface area (Å²) in [5.41, 5.74) is 10.2. The third-order valence-corrected chi connectivity index (χ3v) is 2.22. The summed E-state index contributed by atoms with van der Waals surface area (Å²) in [6.07, 6.45) is 1.46. The molecular formula is C11H15N3O. The topological polar surface area (TPSA) is 69.0 Å². The number of aliphatic hydroxyl groups excluding tert-OH is 1. The van der Waals surface area contributed by atoms with Crippen molar-refractivity contribution in [2.24, 2.45) is 5.11 Å². The summed E-state index contributed by atoms with van der Waals surface area (Å²) < 4.78 is 0. The van der Waals surface area contributed by atoms with E-state index in [9.17, 15) is 5.11 Å². The molecule has 0 aliphatic heterocycles. The minimum atomic E-state index is -0.698. The van der Waals surface area contributed by atoms with Crippen LogP contribution in [-0.2, 0) is 6.42 Å². The highest BCUT2D eigenvalue weighted by Crippen LogP contribution is 2.14. The van der Waals surface area contributed by atoms with Gasteiger partial charge >= 0.3 is 0 Å². The lowest BCUT2D eigenvalue weighted by atomic mass is 10.0. The lowest BCUT2D eigenvalue weighted by molar-refractivity contribution is 0.187. The van der Waals surface area contributed by atoms with E-state index in [0.29, 0.717) is 0 Å². The molecule has 0 aliphatic carbocycles. The van der Waals surface area contributed by atoms with Gasteiger partial charge in [0.1, 0.15) is 0 Å². The fourth-order valence-corrected chi connectivity index (χ4v) is 1.41. The van der Waals surface area contributed by atoms with Gasteiger partial charge in [-0.15, -0.1) is 0 Å². The Morgan fingerprint density at radius 3 is 2.60 bits per heavy atom. The monoisotopic (exact) mass is 205 g/mol. The van der Waals surface area contributed by atoms with Crippen molar-refractivity contribution >= 4 is 0 Å². The van der Waals surface area contributed by atoms with Crippen LogP contribution in [0.25, 0.3) is 10.4 Å². The van der Waals surface area contributed by atoms with E-state index in [1.807, 2.05) is 24.3 Å². The number of aryl methyl sites for hydroxylation is 1. The van der Waals surface area contributed by atoms with Gasteiger partial charge < -0.3 is 5.11 Å². The Morgan fingerprint density at radius 2 is 2.07 bits per heavy atom. The number of hydrogen-bond acceptors (Lipinski definition) is 2. The summed E-state index contributed by atoms with van der Waals surface area (Å²) in [5, 5.41) is 12.9. The molecule has 0 aliphatic rings. The van der Waals surface area contributed by atoms with Crippen LogP contribution in [0.1, 0.15) is 30.6 Å². The molecule has 1 aromatic carbocycles. The van der Waals surface area contributed by atoms with E-state index in [4.69, 9.17) is 5.53 Å². The number of nitrogens with zero attached hydrogens (tertiary/aromatic N) is 3. The molecule has 1 atom stereocenters. The average molecular weight is 205 g/mol. The second-order valence-electron chi connectivity index (χ2n) is 3.42. The van der Waals surface area contributed by atoms with Gasteiger partial charge in [-0.05, 0) is 23.1 Å². The Hall–Kier alpha value is -1.51. The van der Waals surface area contributed by atoms with Gasteiger partial charge in [0.15, 0.2) is 0 Å². The fraction of sp³-hybridized carbons (Fsp3) is 0.455. The molecule has 0 fully saturated rings. The Labute approximate surface area is 89.2 Å². The zero-order valence-electron chi connectivity index (χ0n) is 8.80. The van der Waals surface area contributed by atoms with Gasteiger partial charge in [0.2, 0.25) is 0 Å². The smallest absolute Gasteiger partial charge is 0.0846 e. The van der Waals surface area contributed by atoms with Crippen LogP contribution in [0.5, 0.6) is 0 Å². The summed E-state index contributed by atoms with van der Waals surface area (Å²) >= 11 is 0.